The quantitative estimate of drug-likeness (QED) is 0.177. The standard InChI is InChI=1S/C26H34FN4O5P/c1-5-17-31-25(32)23-24(28-22(29(23)6-2)16-15-20-13-9-10-14-21(20)27)30(26(31)33)18-11-12-19-37(34,35-7-3)36-8-4/h1,9-10,13-14H,6-8,11-12,15-19H2,2-4H3. The molecule has 3 aromatic rings. The Kier molecular flexibility index (Phi) is 10.0. The van der Waals surface area contributed by atoms with E-state index in [1.807, 2.05) is 6.92 Å². The van der Waals surface area contributed by atoms with E-state index in [-0.39, 0.29) is 49.4 Å². The molecular weight excluding hydrogens is 498 g/mol. The number of rotatable bonds is 14. The maximum absolute atomic E-state index is 14.2. The van der Waals surface area contributed by atoms with Gasteiger partial charge in [-0.3, -0.25) is 13.9 Å². The third-order valence-electron chi connectivity index (χ3n) is 6.05. The Hall–Kier alpha value is -2.99. The van der Waals surface area contributed by atoms with E-state index in [4.69, 9.17) is 15.5 Å². The van der Waals surface area contributed by atoms with Gasteiger partial charge in [0.2, 0.25) is 0 Å². The van der Waals surface area contributed by atoms with Crippen molar-refractivity contribution in [2.24, 2.45) is 0 Å². The highest BCUT2D eigenvalue weighted by Crippen LogP contribution is 2.48. The summed E-state index contributed by atoms with van der Waals surface area (Å²) >= 11 is 0. The second-order valence-electron chi connectivity index (χ2n) is 8.44. The van der Waals surface area contributed by atoms with Crippen LogP contribution in [0, 0.1) is 18.2 Å². The van der Waals surface area contributed by atoms with Crippen molar-refractivity contribution < 1.29 is 18.0 Å². The molecule has 0 saturated heterocycles. The molecule has 0 aliphatic heterocycles. The Balaban J connectivity index is 1.97. The van der Waals surface area contributed by atoms with Crippen molar-refractivity contribution in [2.45, 2.75) is 66.1 Å². The van der Waals surface area contributed by atoms with Crippen LogP contribution in [0.1, 0.15) is 45.0 Å². The molecule has 2 aromatic heterocycles. The van der Waals surface area contributed by atoms with Crippen LogP contribution in [0.3, 0.4) is 0 Å². The number of imidazole rings is 1. The van der Waals surface area contributed by atoms with Crippen LogP contribution in [0.2, 0.25) is 0 Å². The molecule has 0 amide bonds. The average Bonchev–Trinajstić information content (AvgIpc) is 3.24. The van der Waals surface area contributed by atoms with Gasteiger partial charge in [0.05, 0.1) is 25.9 Å². The first kappa shape index (κ1) is 28.6. The van der Waals surface area contributed by atoms with Crippen LogP contribution in [-0.4, -0.2) is 38.1 Å². The zero-order valence-electron chi connectivity index (χ0n) is 21.6. The van der Waals surface area contributed by atoms with Crippen LogP contribution in [-0.2, 0) is 46.1 Å². The SMILES string of the molecule is C#CCn1c(=O)c2c(nc(CCc3ccccc3F)n2CC)n(CCCCP(=O)(OCC)OCC)c1=O. The number of terminal acetylenes is 1. The predicted octanol–water partition coefficient (Wildman–Crippen LogP) is 3.98. The smallest absolute Gasteiger partial charge is 0.322 e. The number of hydrogen-bond donors (Lipinski definition) is 0. The molecule has 0 saturated carbocycles. The van der Waals surface area contributed by atoms with Crippen LogP contribution in [0.25, 0.3) is 11.2 Å². The third-order valence-corrected chi connectivity index (χ3v) is 8.22. The minimum Gasteiger partial charge on any atom is -0.322 e. The number of benzene rings is 1. The second kappa shape index (κ2) is 13.0. The van der Waals surface area contributed by atoms with Gasteiger partial charge in [0.15, 0.2) is 11.2 Å². The molecule has 0 unspecified atom stereocenters. The molecule has 0 N–H and O–H groups in total. The van der Waals surface area contributed by atoms with E-state index in [1.165, 1.54) is 10.6 Å². The highest BCUT2D eigenvalue weighted by molar-refractivity contribution is 7.53. The van der Waals surface area contributed by atoms with Gasteiger partial charge in [0.1, 0.15) is 11.6 Å². The molecule has 0 fully saturated rings. The van der Waals surface area contributed by atoms with Gasteiger partial charge in [-0.2, -0.15) is 0 Å². The lowest BCUT2D eigenvalue weighted by molar-refractivity contribution is 0.219. The first-order valence-electron chi connectivity index (χ1n) is 12.6. The Labute approximate surface area is 215 Å². The molecule has 0 spiro atoms. The largest absolute Gasteiger partial charge is 0.333 e. The lowest BCUT2D eigenvalue weighted by atomic mass is 10.1. The Bertz CT molecular complexity index is 1430. The van der Waals surface area contributed by atoms with E-state index >= 15 is 0 Å². The summed E-state index contributed by atoms with van der Waals surface area (Å²) in [7, 11) is -3.20. The summed E-state index contributed by atoms with van der Waals surface area (Å²) in [5.41, 5.74) is 0.0570. The summed E-state index contributed by atoms with van der Waals surface area (Å²) in [6, 6.07) is 6.53. The first-order valence-corrected chi connectivity index (χ1v) is 14.3. The second-order valence-corrected chi connectivity index (χ2v) is 10.6. The number of hydrogen-bond acceptors (Lipinski definition) is 6. The van der Waals surface area contributed by atoms with Crippen molar-refractivity contribution >= 4 is 18.8 Å². The maximum Gasteiger partial charge on any atom is 0.333 e. The van der Waals surface area contributed by atoms with Gasteiger partial charge >= 0.3 is 13.3 Å². The first-order chi connectivity index (χ1) is 17.8. The van der Waals surface area contributed by atoms with E-state index in [2.05, 4.69) is 10.9 Å². The zero-order chi connectivity index (χ0) is 27.0. The van der Waals surface area contributed by atoms with E-state index < -0.39 is 18.8 Å². The van der Waals surface area contributed by atoms with Crippen molar-refractivity contribution in [3.63, 3.8) is 0 Å². The zero-order valence-corrected chi connectivity index (χ0v) is 22.5. The van der Waals surface area contributed by atoms with Gasteiger partial charge in [-0.25, -0.2) is 18.7 Å². The van der Waals surface area contributed by atoms with Gasteiger partial charge in [-0.15, -0.1) is 6.42 Å². The maximum atomic E-state index is 14.2. The lowest BCUT2D eigenvalue weighted by Gasteiger charge is -2.17. The van der Waals surface area contributed by atoms with E-state index in [0.29, 0.717) is 43.6 Å². The highest BCUT2D eigenvalue weighted by atomic mass is 31.2. The molecule has 37 heavy (non-hydrogen) atoms. The fraction of sp³-hybridized carbons (Fsp3) is 0.500. The molecule has 0 aliphatic rings. The summed E-state index contributed by atoms with van der Waals surface area (Å²) in [5, 5.41) is 0. The van der Waals surface area contributed by atoms with Gasteiger partial charge in [-0.05, 0) is 51.7 Å². The Morgan fingerprint density at radius 3 is 2.35 bits per heavy atom. The van der Waals surface area contributed by atoms with Gasteiger partial charge < -0.3 is 13.6 Å². The topological polar surface area (TPSA) is 97.3 Å². The van der Waals surface area contributed by atoms with Crippen LogP contribution in [0.4, 0.5) is 4.39 Å². The van der Waals surface area contributed by atoms with E-state index in [1.54, 1.807) is 36.6 Å². The number of unbranched alkanes of at least 4 members (excludes halogenated alkanes) is 1. The molecule has 1 aromatic carbocycles. The van der Waals surface area contributed by atoms with Gasteiger partial charge in [-0.1, -0.05) is 24.1 Å². The molecular formula is C26H34FN4O5P. The summed E-state index contributed by atoms with van der Waals surface area (Å²) in [6.07, 6.45) is 7.40. The number of nitrogens with zero attached hydrogens (tertiary/aromatic N) is 4. The minimum atomic E-state index is -3.20. The molecule has 9 nitrogen and oxygen atoms in total. The number of fused-ring (bicyclic) bond motifs is 1. The molecule has 2 heterocycles. The van der Waals surface area contributed by atoms with E-state index in [0.717, 1.165) is 4.57 Å². The molecule has 11 heteroatoms. The van der Waals surface area contributed by atoms with E-state index in [9.17, 15) is 18.5 Å². The van der Waals surface area contributed by atoms with Gasteiger partial charge in [0, 0.05) is 19.5 Å². The van der Waals surface area contributed by atoms with Crippen molar-refractivity contribution in [3.05, 3.63) is 62.3 Å². The van der Waals surface area contributed by atoms with Gasteiger partial charge in [0.25, 0.3) is 5.56 Å². The Morgan fingerprint density at radius 1 is 1.03 bits per heavy atom. The summed E-state index contributed by atoms with van der Waals surface area (Å²) in [5.74, 6) is 2.66. The fourth-order valence-corrected chi connectivity index (χ4v) is 6.11. The van der Waals surface area contributed by atoms with Crippen molar-refractivity contribution in [1.82, 2.24) is 18.7 Å². The van der Waals surface area contributed by atoms with Crippen LogP contribution >= 0.6 is 7.60 Å². The minimum absolute atomic E-state index is 0.170. The number of aryl methyl sites for hydroxylation is 4. The normalized spacial score (nSPS) is 11.8. The van der Waals surface area contributed by atoms with Crippen LogP contribution < -0.4 is 11.2 Å². The average molecular weight is 533 g/mol. The summed E-state index contributed by atoms with van der Waals surface area (Å²) < 4.78 is 41.9. The van der Waals surface area contributed by atoms with Crippen molar-refractivity contribution in [3.8, 4) is 12.3 Å². The predicted molar refractivity (Wildman–Crippen MR) is 142 cm³/mol. The lowest BCUT2D eigenvalue weighted by Crippen LogP contribution is -2.40. The molecule has 200 valence electrons. The molecule has 0 aliphatic carbocycles. The molecule has 0 bridgehead atoms. The number of aromatic nitrogens is 4. The third kappa shape index (κ3) is 6.48. The monoisotopic (exact) mass is 532 g/mol. The molecule has 0 radical (unpaired) electrons. The molecule has 3 rings (SSSR count). The Morgan fingerprint density at radius 2 is 1.73 bits per heavy atom. The van der Waals surface area contributed by atoms with Crippen molar-refractivity contribution in [1.29, 1.82) is 0 Å². The highest BCUT2D eigenvalue weighted by Gasteiger charge is 2.24. The number of halogens is 1. The molecule has 0 atom stereocenters. The van der Waals surface area contributed by atoms with Crippen LogP contribution in [0.5, 0.6) is 0 Å². The summed E-state index contributed by atoms with van der Waals surface area (Å²) in [4.78, 5) is 31.2. The van der Waals surface area contributed by atoms with Crippen LogP contribution in [0.15, 0.2) is 33.9 Å². The van der Waals surface area contributed by atoms with Crippen molar-refractivity contribution in [2.75, 3.05) is 19.4 Å². The fourth-order valence-electron chi connectivity index (χ4n) is 4.38. The summed E-state index contributed by atoms with van der Waals surface area (Å²) in [6.45, 7) is 6.46.